The van der Waals surface area contributed by atoms with Crippen LogP contribution < -0.4 is 10.1 Å². The number of tetrazole rings is 1. The van der Waals surface area contributed by atoms with Gasteiger partial charge in [-0.3, -0.25) is 9.59 Å². The number of hydrogen-bond donors (Lipinski definition) is 1. The van der Waals surface area contributed by atoms with E-state index in [1.54, 1.807) is 36.1 Å². The lowest BCUT2D eigenvalue weighted by Gasteiger charge is -2.17. The highest BCUT2D eigenvalue weighted by Crippen LogP contribution is 2.36. The van der Waals surface area contributed by atoms with Crippen LogP contribution in [0.4, 0.5) is 5.69 Å². The number of rotatable bonds is 8. The fourth-order valence-electron chi connectivity index (χ4n) is 3.17. The van der Waals surface area contributed by atoms with E-state index in [0.29, 0.717) is 16.4 Å². The SMILES string of the molecule is COc1ccc(-n2nnnc2S[C@H](C(=O)Nc2cccc(C(C)=O)c2)c2ccccc2)cc1. The van der Waals surface area contributed by atoms with E-state index in [-0.39, 0.29) is 11.7 Å². The molecule has 4 aromatic rings. The molecule has 0 saturated carbocycles. The number of carbonyl (C=O) groups excluding carboxylic acids is 2. The maximum absolute atomic E-state index is 13.3. The molecule has 1 amide bonds. The van der Waals surface area contributed by atoms with Crippen molar-refractivity contribution in [2.24, 2.45) is 0 Å². The molecule has 4 rings (SSSR count). The standard InChI is InChI=1S/C24H21N5O3S/c1-16(30)18-9-6-10-19(15-18)25-23(31)22(17-7-4-3-5-8-17)33-24-26-27-28-29(24)20-11-13-21(32-2)14-12-20/h3-15,22H,1-2H3,(H,25,31)/t22-/m0/s1. The van der Waals surface area contributed by atoms with Gasteiger partial charge in [0.1, 0.15) is 11.0 Å². The Kier molecular flexibility index (Phi) is 6.80. The number of thioether (sulfide) groups is 1. The Morgan fingerprint density at radius 3 is 2.45 bits per heavy atom. The second-order valence-electron chi connectivity index (χ2n) is 7.11. The van der Waals surface area contributed by atoms with Crippen LogP contribution >= 0.6 is 11.8 Å². The summed E-state index contributed by atoms with van der Waals surface area (Å²) in [5.41, 5.74) is 2.61. The van der Waals surface area contributed by atoms with Crippen LogP contribution in [0.2, 0.25) is 0 Å². The van der Waals surface area contributed by atoms with Crippen molar-refractivity contribution in [3.63, 3.8) is 0 Å². The Labute approximate surface area is 195 Å². The quantitative estimate of drug-likeness (QED) is 0.309. The van der Waals surface area contributed by atoms with Gasteiger partial charge in [0.05, 0.1) is 12.8 Å². The number of benzene rings is 3. The molecule has 1 heterocycles. The number of carbonyl (C=O) groups is 2. The molecular formula is C24H21N5O3S. The van der Waals surface area contributed by atoms with Crippen molar-refractivity contribution in [1.29, 1.82) is 0 Å². The van der Waals surface area contributed by atoms with Gasteiger partial charge in [0.2, 0.25) is 11.1 Å². The van der Waals surface area contributed by atoms with Gasteiger partial charge in [-0.25, -0.2) is 0 Å². The van der Waals surface area contributed by atoms with Crippen molar-refractivity contribution in [3.8, 4) is 11.4 Å². The zero-order valence-corrected chi connectivity index (χ0v) is 18.8. The van der Waals surface area contributed by atoms with Crippen LogP contribution in [0.1, 0.15) is 28.1 Å². The lowest BCUT2D eigenvalue weighted by molar-refractivity contribution is -0.115. The highest BCUT2D eigenvalue weighted by Gasteiger charge is 2.25. The maximum atomic E-state index is 13.3. The minimum absolute atomic E-state index is 0.0706. The minimum Gasteiger partial charge on any atom is -0.497 e. The van der Waals surface area contributed by atoms with E-state index in [0.717, 1.165) is 17.0 Å². The van der Waals surface area contributed by atoms with Gasteiger partial charge in [0, 0.05) is 11.3 Å². The molecule has 0 fully saturated rings. The molecule has 166 valence electrons. The fourth-order valence-corrected chi connectivity index (χ4v) is 4.16. The predicted molar refractivity (Wildman–Crippen MR) is 126 cm³/mol. The number of Topliss-reactive ketones (excluding diaryl/α,β-unsaturated/α-hetero) is 1. The number of methoxy groups -OCH3 is 1. The van der Waals surface area contributed by atoms with E-state index < -0.39 is 5.25 Å². The predicted octanol–water partition coefficient (Wildman–Crippen LogP) is 4.35. The first-order valence-electron chi connectivity index (χ1n) is 10.1. The number of nitrogens with one attached hydrogen (secondary N) is 1. The molecule has 0 spiro atoms. The maximum Gasteiger partial charge on any atom is 0.242 e. The smallest absolute Gasteiger partial charge is 0.242 e. The summed E-state index contributed by atoms with van der Waals surface area (Å²) in [6.45, 7) is 1.49. The zero-order chi connectivity index (χ0) is 23.2. The first kappa shape index (κ1) is 22.2. The molecule has 8 nitrogen and oxygen atoms in total. The van der Waals surface area contributed by atoms with Crippen LogP contribution in [0.15, 0.2) is 84.0 Å². The Bertz CT molecular complexity index is 1260. The van der Waals surface area contributed by atoms with E-state index in [4.69, 9.17) is 4.74 Å². The second kappa shape index (κ2) is 10.1. The summed E-state index contributed by atoms with van der Waals surface area (Å²) in [7, 11) is 1.60. The van der Waals surface area contributed by atoms with E-state index >= 15 is 0 Å². The highest BCUT2D eigenvalue weighted by molar-refractivity contribution is 8.00. The van der Waals surface area contributed by atoms with E-state index in [2.05, 4.69) is 20.8 Å². The number of ether oxygens (including phenoxy) is 1. The van der Waals surface area contributed by atoms with Crippen molar-refractivity contribution >= 4 is 29.1 Å². The summed E-state index contributed by atoms with van der Waals surface area (Å²) >= 11 is 1.23. The molecule has 33 heavy (non-hydrogen) atoms. The van der Waals surface area contributed by atoms with Crippen LogP contribution in [-0.2, 0) is 4.79 Å². The number of amides is 1. The average Bonchev–Trinajstić information content (AvgIpc) is 3.31. The van der Waals surface area contributed by atoms with Gasteiger partial charge in [-0.15, -0.1) is 5.10 Å². The molecule has 0 radical (unpaired) electrons. The zero-order valence-electron chi connectivity index (χ0n) is 18.0. The normalized spacial score (nSPS) is 11.6. The van der Waals surface area contributed by atoms with Crippen molar-refractivity contribution in [3.05, 3.63) is 90.0 Å². The summed E-state index contributed by atoms with van der Waals surface area (Å²) in [4.78, 5) is 25.1. The highest BCUT2D eigenvalue weighted by atomic mass is 32.2. The van der Waals surface area contributed by atoms with E-state index in [1.807, 2.05) is 54.6 Å². The van der Waals surface area contributed by atoms with Gasteiger partial charge in [0.25, 0.3) is 0 Å². The Balaban J connectivity index is 1.63. The summed E-state index contributed by atoms with van der Waals surface area (Å²) in [6.07, 6.45) is 0. The monoisotopic (exact) mass is 459 g/mol. The van der Waals surface area contributed by atoms with E-state index in [1.165, 1.54) is 18.7 Å². The number of hydrogen-bond acceptors (Lipinski definition) is 7. The second-order valence-corrected chi connectivity index (χ2v) is 8.18. The first-order chi connectivity index (χ1) is 16.0. The third-order valence-electron chi connectivity index (χ3n) is 4.86. The molecule has 1 N–H and O–H groups in total. The van der Waals surface area contributed by atoms with Gasteiger partial charge in [-0.1, -0.05) is 54.2 Å². The average molecular weight is 460 g/mol. The minimum atomic E-state index is -0.629. The topological polar surface area (TPSA) is 99.0 Å². The molecule has 3 aromatic carbocycles. The summed E-state index contributed by atoms with van der Waals surface area (Å²) in [5.74, 6) is 0.394. The Morgan fingerprint density at radius 1 is 1.00 bits per heavy atom. The summed E-state index contributed by atoms with van der Waals surface area (Å²) in [5, 5.41) is 14.8. The third-order valence-corrected chi connectivity index (χ3v) is 6.05. The van der Waals surface area contributed by atoms with Crippen molar-refractivity contribution < 1.29 is 14.3 Å². The lowest BCUT2D eigenvalue weighted by atomic mass is 10.1. The van der Waals surface area contributed by atoms with Crippen LogP contribution in [0.5, 0.6) is 5.75 Å². The molecule has 0 aliphatic heterocycles. The lowest BCUT2D eigenvalue weighted by Crippen LogP contribution is -2.19. The Morgan fingerprint density at radius 2 is 1.76 bits per heavy atom. The van der Waals surface area contributed by atoms with Gasteiger partial charge < -0.3 is 10.1 Å². The van der Waals surface area contributed by atoms with Gasteiger partial charge in [-0.2, -0.15) is 4.68 Å². The van der Waals surface area contributed by atoms with Crippen molar-refractivity contribution in [1.82, 2.24) is 20.2 Å². The molecule has 0 saturated heterocycles. The van der Waals surface area contributed by atoms with Crippen molar-refractivity contribution in [2.75, 3.05) is 12.4 Å². The molecular weight excluding hydrogens is 438 g/mol. The summed E-state index contributed by atoms with van der Waals surface area (Å²) < 4.78 is 6.78. The molecule has 9 heteroatoms. The van der Waals surface area contributed by atoms with Gasteiger partial charge >= 0.3 is 0 Å². The van der Waals surface area contributed by atoms with Crippen molar-refractivity contribution in [2.45, 2.75) is 17.3 Å². The van der Waals surface area contributed by atoms with E-state index in [9.17, 15) is 9.59 Å². The van der Waals surface area contributed by atoms with Gasteiger partial charge in [-0.05, 0) is 59.3 Å². The first-order valence-corrected chi connectivity index (χ1v) is 11.0. The van der Waals surface area contributed by atoms with Crippen LogP contribution in [0.3, 0.4) is 0 Å². The van der Waals surface area contributed by atoms with Crippen LogP contribution in [-0.4, -0.2) is 39.0 Å². The molecule has 1 aromatic heterocycles. The molecule has 1 atom stereocenters. The third kappa shape index (κ3) is 5.27. The molecule has 0 aliphatic rings. The molecule has 0 unspecified atom stereocenters. The van der Waals surface area contributed by atoms with Gasteiger partial charge in [0.15, 0.2) is 5.78 Å². The Hall–Kier alpha value is -3.98. The molecule has 0 bridgehead atoms. The number of aromatic nitrogens is 4. The number of ketones is 1. The number of nitrogens with zero attached hydrogens (tertiary/aromatic N) is 4. The van der Waals surface area contributed by atoms with Crippen LogP contribution in [0, 0.1) is 0 Å². The largest absolute Gasteiger partial charge is 0.497 e. The summed E-state index contributed by atoms with van der Waals surface area (Å²) in [6, 6.07) is 23.6. The van der Waals surface area contributed by atoms with Crippen LogP contribution in [0.25, 0.3) is 5.69 Å². The molecule has 0 aliphatic carbocycles. The number of anilines is 1. The fraction of sp³-hybridized carbons (Fsp3) is 0.125.